The average Bonchev–Trinajstić information content (AvgIpc) is 3.18. The van der Waals surface area contributed by atoms with Crippen LogP contribution in [0.15, 0.2) is 36.5 Å². The monoisotopic (exact) mass is 341 g/mol. The summed E-state index contributed by atoms with van der Waals surface area (Å²) in [4.78, 5) is 25.9. The Labute approximate surface area is 146 Å². The number of carbonyl (C=O) groups is 2. The number of hydrogen-bond donors (Lipinski definition) is 3. The number of hydrogen-bond acceptors (Lipinski definition) is 3. The quantitative estimate of drug-likeness (QED) is 0.699. The van der Waals surface area contributed by atoms with Crippen LogP contribution >= 0.6 is 0 Å². The molecule has 3 rings (SSSR count). The first kappa shape index (κ1) is 17.0. The number of aryl methyl sites for hydroxylation is 2. The van der Waals surface area contributed by atoms with E-state index in [0.29, 0.717) is 19.5 Å². The van der Waals surface area contributed by atoms with E-state index >= 15 is 0 Å². The molecule has 0 unspecified atom stereocenters. The number of para-hydroxylation sites is 1. The highest BCUT2D eigenvalue weighted by molar-refractivity contribution is 5.96. The molecule has 1 aromatic heterocycles. The number of urea groups is 1. The van der Waals surface area contributed by atoms with Crippen LogP contribution in [0, 0.1) is 6.92 Å². The number of benzene rings is 1. The van der Waals surface area contributed by atoms with Crippen molar-refractivity contribution in [3.63, 3.8) is 0 Å². The third-order valence-electron chi connectivity index (χ3n) is 4.37. The van der Waals surface area contributed by atoms with Gasteiger partial charge in [-0.1, -0.05) is 18.2 Å². The van der Waals surface area contributed by atoms with Gasteiger partial charge in [-0.2, -0.15) is 5.10 Å². The number of anilines is 1. The van der Waals surface area contributed by atoms with Crippen molar-refractivity contribution in [2.45, 2.75) is 32.2 Å². The third-order valence-corrected chi connectivity index (χ3v) is 4.37. The van der Waals surface area contributed by atoms with Crippen LogP contribution < -0.4 is 15.5 Å². The Bertz CT molecular complexity index is 728. The van der Waals surface area contributed by atoms with Gasteiger partial charge >= 0.3 is 6.03 Å². The number of H-pyrrole nitrogens is 1. The zero-order valence-electron chi connectivity index (χ0n) is 14.3. The van der Waals surface area contributed by atoms with Gasteiger partial charge in [0.2, 0.25) is 5.91 Å². The molecule has 2 aromatic rings. The van der Waals surface area contributed by atoms with Gasteiger partial charge in [-0.05, 0) is 37.5 Å². The van der Waals surface area contributed by atoms with Crippen molar-refractivity contribution >= 4 is 17.6 Å². The predicted octanol–water partition coefficient (Wildman–Crippen LogP) is 1.76. The van der Waals surface area contributed by atoms with E-state index in [0.717, 1.165) is 24.2 Å². The zero-order chi connectivity index (χ0) is 17.6. The molecule has 1 atom stereocenters. The van der Waals surface area contributed by atoms with E-state index in [1.165, 1.54) is 5.56 Å². The maximum Gasteiger partial charge on any atom is 0.315 e. The van der Waals surface area contributed by atoms with Crippen molar-refractivity contribution in [2.75, 3.05) is 18.0 Å². The molecule has 2 heterocycles. The molecule has 25 heavy (non-hydrogen) atoms. The summed E-state index contributed by atoms with van der Waals surface area (Å²) in [7, 11) is 0. The maximum atomic E-state index is 12.1. The molecule has 1 aliphatic rings. The molecule has 1 saturated heterocycles. The summed E-state index contributed by atoms with van der Waals surface area (Å²) in [6, 6.07) is 9.13. The van der Waals surface area contributed by atoms with Crippen LogP contribution in [0.2, 0.25) is 0 Å². The summed E-state index contributed by atoms with van der Waals surface area (Å²) < 4.78 is 0. The average molecular weight is 341 g/mol. The standard InChI is InChI=1S/C18H23N5O2/c1-13-14(11-20-22-13)6-5-9-19-18(25)21-15-10-17(24)23(12-15)16-7-3-2-4-8-16/h2-4,7-8,11,15H,5-6,9-10,12H2,1H3,(H,20,22)(H2,19,21,25)/t15-/m0/s1. The molecule has 1 aliphatic heterocycles. The smallest absolute Gasteiger partial charge is 0.315 e. The minimum Gasteiger partial charge on any atom is -0.338 e. The fourth-order valence-electron chi connectivity index (χ4n) is 3.01. The second-order valence-corrected chi connectivity index (χ2v) is 6.26. The molecule has 132 valence electrons. The lowest BCUT2D eigenvalue weighted by Gasteiger charge is -2.17. The molecule has 1 fully saturated rings. The molecule has 0 aliphatic carbocycles. The van der Waals surface area contributed by atoms with Crippen molar-refractivity contribution in [3.05, 3.63) is 47.8 Å². The summed E-state index contributed by atoms with van der Waals surface area (Å²) in [5, 5.41) is 12.6. The lowest BCUT2D eigenvalue weighted by molar-refractivity contribution is -0.117. The molecule has 3 amide bonds. The molecule has 0 radical (unpaired) electrons. The van der Waals surface area contributed by atoms with Gasteiger partial charge < -0.3 is 15.5 Å². The molecule has 1 aromatic carbocycles. The Hall–Kier alpha value is -2.83. The summed E-state index contributed by atoms with van der Waals surface area (Å²) in [5.41, 5.74) is 3.10. The van der Waals surface area contributed by atoms with Crippen molar-refractivity contribution in [1.29, 1.82) is 0 Å². The highest BCUT2D eigenvalue weighted by atomic mass is 16.2. The van der Waals surface area contributed by atoms with Crippen LogP contribution in [-0.4, -0.2) is 41.3 Å². The van der Waals surface area contributed by atoms with E-state index in [1.807, 2.05) is 43.5 Å². The topological polar surface area (TPSA) is 90.1 Å². The van der Waals surface area contributed by atoms with Crippen LogP contribution in [0.25, 0.3) is 0 Å². The summed E-state index contributed by atoms with van der Waals surface area (Å²) in [5.74, 6) is 0.0342. The third kappa shape index (κ3) is 4.37. The fourth-order valence-corrected chi connectivity index (χ4v) is 3.01. The van der Waals surface area contributed by atoms with Gasteiger partial charge in [0.05, 0.1) is 12.2 Å². The Balaban J connectivity index is 1.40. The minimum absolute atomic E-state index is 0.0342. The number of amides is 3. The SMILES string of the molecule is Cc1[nH]ncc1CCCNC(=O)N[C@H]1CC(=O)N(c2ccccc2)C1. The lowest BCUT2D eigenvalue weighted by Crippen LogP contribution is -2.43. The summed E-state index contributed by atoms with van der Waals surface area (Å²) in [6.07, 6.45) is 3.86. The highest BCUT2D eigenvalue weighted by Crippen LogP contribution is 2.20. The molecule has 7 heteroatoms. The van der Waals surface area contributed by atoms with E-state index in [2.05, 4.69) is 20.8 Å². The molecule has 3 N–H and O–H groups in total. The van der Waals surface area contributed by atoms with E-state index < -0.39 is 0 Å². The van der Waals surface area contributed by atoms with Gasteiger partial charge in [-0.15, -0.1) is 0 Å². The second-order valence-electron chi connectivity index (χ2n) is 6.26. The zero-order valence-corrected chi connectivity index (χ0v) is 14.3. The number of nitrogens with one attached hydrogen (secondary N) is 3. The van der Waals surface area contributed by atoms with E-state index in [-0.39, 0.29) is 18.0 Å². The number of rotatable bonds is 6. The predicted molar refractivity (Wildman–Crippen MR) is 95.4 cm³/mol. The first-order valence-corrected chi connectivity index (χ1v) is 8.52. The van der Waals surface area contributed by atoms with Crippen LogP contribution in [0.4, 0.5) is 10.5 Å². The van der Waals surface area contributed by atoms with Gasteiger partial charge in [0, 0.05) is 30.9 Å². The van der Waals surface area contributed by atoms with Gasteiger partial charge in [0.1, 0.15) is 0 Å². The largest absolute Gasteiger partial charge is 0.338 e. The second kappa shape index (κ2) is 7.83. The van der Waals surface area contributed by atoms with Crippen LogP contribution in [0.5, 0.6) is 0 Å². The first-order valence-electron chi connectivity index (χ1n) is 8.52. The molecule has 0 bridgehead atoms. The van der Waals surface area contributed by atoms with Crippen LogP contribution in [-0.2, 0) is 11.2 Å². The fraction of sp³-hybridized carbons (Fsp3) is 0.389. The number of aromatic amines is 1. The van der Waals surface area contributed by atoms with Crippen molar-refractivity contribution in [3.8, 4) is 0 Å². The minimum atomic E-state index is -0.225. The molecule has 7 nitrogen and oxygen atoms in total. The maximum absolute atomic E-state index is 12.1. The van der Waals surface area contributed by atoms with Crippen LogP contribution in [0.1, 0.15) is 24.1 Å². The van der Waals surface area contributed by atoms with Crippen molar-refractivity contribution < 1.29 is 9.59 Å². The Morgan fingerprint density at radius 1 is 1.36 bits per heavy atom. The van der Waals surface area contributed by atoms with Gasteiger partial charge in [-0.3, -0.25) is 9.89 Å². The summed E-state index contributed by atoms with van der Waals surface area (Å²) in [6.45, 7) is 3.07. The number of nitrogens with zero attached hydrogens (tertiary/aromatic N) is 2. The van der Waals surface area contributed by atoms with E-state index in [9.17, 15) is 9.59 Å². The first-order chi connectivity index (χ1) is 12.1. The Morgan fingerprint density at radius 3 is 2.88 bits per heavy atom. The number of aromatic nitrogens is 2. The van der Waals surface area contributed by atoms with Crippen LogP contribution in [0.3, 0.4) is 0 Å². The van der Waals surface area contributed by atoms with E-state index in [1.54, 1.807) is 4.90 Å². The van der Waals surface area contributed by atoms with Gasteiger partial charge in [0.25, 0.3) is 0 Å². The normalized spacial score (nSPS) is 16.9. The Morgan fingerprint density at radius 2 is 2.16 bits per heavy atom. The molecule has 0 spiro atoms. The van der Waals surface area contributed by atoms with Gasteiger partial charge in [-0.25, -0.2) is 4.79 Å². The van der Waals surface area contributed by atoms with Crippen molar-refractivity contribution in [1.82, 2.24) is 20.8 Å². The summed E-state index contributed by atoms with van der Waals surface area (Å²) >= 11 is 0. The van der Waals surface area contributed by atoms with E-state index in [4.69, 9.17) is 0 Å². The van der Waals surface area contributed by atoms with Crippen molar-refractivity contribution in [2.24, 2.45) is 0 Å². The molecular formula is C18H23N5O2. The Kier molecular flexibility index (Phi) is 5.33. The lowest BCUT2D eigenvalue weighted by atomic mass is 10.1. The van der Waals surface area contributed by atoms with Gasteiger partial charge in [0.15, 0.2) is 0 Å². The molecular weight excluding hydrogens is 318 g/mol. The highest BCUT2D eigenvalue weighted by Gasteiger charge is 2.31. The molecule has 0 saturated carbocycles. The number of carbonyl (C=O) groups excluding carboxylic acids is 2.